The average molecular weight is 262 g/mol. The third kappa shape index (κ3) is 2.20. The molecule has 1 saturated heterocycles. The van der Waals surface area contributed by atoms with Crippen molar-refractivity contribution in [2.45, 2.75) is 51.0 Å². The number of piperidine rings is 1. The molecule has 4 rings (SSSR count). The number of amides is 1. The quantitative estimate of drug-likeness (QED) is 0.813. The van der Waals surface area contributed by atoms with E-state index in [4.69, 9.17) is 0 Å². The molecule has 3 saturated carbocycles. The molecule has 2 bridgehead atoms. The van der Waals surface area contributed by atoms with Crippen LogP contribution in [0.3, 0.4) is 0 Å². The summed E-state index contributed by atoms with van der Waals surface area (Å²) in [7, 11) is 0. The Bertz CT molecular complexity index is 348. The third-order valence-electron chi connectivity index (χ3n) is 6.24. The summed E-state index contributed by atoms with van der Waals surface area (Å²) in [6.07, 6.45) is 8.75. The van der Waals surface area contributed by atoms with Gasteiger partial charge in [0.05, 0.1) is 0 Å². The molecule has 0 aromatic heterocycles. The SMILES string of the molecule is O=C(CCC1CCCNC1)NC1C2C3CCC(C3)C12. The second-order valence-electron chi connectivity index (χ2n) is 7.33. The van der Waals surface area contributed by atoms with Crippen molar-refractivity contribution in [2.75, 3.05) is 13.1 Å². The van der Waals surface area contributed by atoms with Crippen LogP contribution in [-0.4, -0.2) is 25.0 Å². The fraction of sp³-hybridized carbons (Fsp3) is 0.938. The molecular formula is C16H26N2O. The van der Waals surface area contributed by atoms with E-state index in [0.29, 0.717) is 11.9 Å². The summed E-state index contributed by atoms with van der Waals surface area (Å²) < 4.78 is 0. The van der Waals surface area contributed by atoms with Crippen LogP contribution in [0.25, 0.3) is 0 Å². The Kier molecular flexibility index (Phi) is 3.06. The minimum absolute atomic E-state index is 0.323. The lowest BCUT2D eigenvalue weighted by Crippen LogP contribution is -2.33. The van der Waals surface area contributed by atoms with Gasteiger partial charge in [-0.3, -0.25) is 4.79 Å². The van der Waals surface area contributed by atoms with E-state index in [1.54, 1.807) is 0 Å². The van der Waals surface area contributed by atoms with Crippen molar-refractivity contribution in [1.29, 1.82) is 0 Å². The molecule has 2 N–H and O–H groups in total. The Hall–Kier alpha value is -0.570. The molecule has 1 aliphatic heterocycles. The number of nitrogens with one attached hydrogen (secondary N) is 2. The maximum absolute atomic E-state index is 12.1. The van der Waals surface area contributed by atoms with Crippen molar-refractivity contribution >= 4 is 5.91 Å². The molecule has 1 amide bonds. The molecule has 5 unspecified atom stereocenters. The van der Waals surface area contributed by atoms with Gasteiger partial charge in [0.25, 0.3) is 0 Å². The maximum atomic E-state index is 12.1. The average Bonchev–Trinajstić information content (AvgIpc) is 2.85. The van der Waals surface area contributed by atoms with Gasteiger partial charge in [0.1, 0.15) is 0 Å². The van der Waals surface area contributed by atoms with Crippen molar-refractivity contribution < 1.29 is 4.79 Å². The zero-order valence-electron chi connectivity index (χ0n) is 11.7. The number of carbonyl (C=O) groups is 1. The number of carbonyl (C=O) groups excluding carboxylic acids is 1. The van der Waals surface area contributed by atoms with Crippen LogP contribution in [0.15, 0.2) is 0 Å². The highest BCUT2D eigenvalue weighted by Gasteiger charge is 2.65. The molecule has 0 aromatic rings. The molecule has 0 radical (unpaired) electrons. The Morgan fingerprint density at radius 2 is 1.95 bits per heavy atom. The summed E-state index contributed by atoms with van der Waals surface area (Å²) in [6, 6.07) is 0.572. The molecule has 3 heteroatoms. The maximum Gasteiger partial charge on any atom is 0.220 e. The molecule has 0 aromatic carbocycles. The zero-order valence-corrected chi connectivity index (χ0v) is 11.7. The van der Waals surface area contributed by atoms with Gasteiger partial charge in [-0.05, 0) is 81.2 Å². The first-order valence-corrected chi connectivity index (χ1v) is 8.33. The minimum atomic E-state index is 0.323. The van der Waals surface area contributed by atoms with Crippen molar-refractivity contribution in [3.8, 4) is 0 Å². The van der Waals surface area contributed by atoms with Crippen molar-refractivity contribution in [3.05, 3.63) is 0 Å². The Labute approximate surface area is 115 Å². The summed E-state index contributed by atoms with van der Waals surface area (Å²) >= 11 is 0. The number of hydrogen-bond acceptors (Lipinski definition) is 2. The van der Waals surface area contributed by atoms with E-state index in [9.17, 15) is 4.79 Å². The van der Waals surface area contributed by atoms with Gasteiger partial charge in [-0.1, -0.05) is 0 Å². The van der Waals surface area contributed by atoms with E-state index in [1.807, 2.05) is 0 Å². The minimum Gasteiger partial charge on any atom is -0.353 e. The largest absolute Gasteiger partial charge is 0.353 e. The fourth-order valence-electron chi connectivity index (χ4n) is 5.28. The van der Waals surface area contributed by atoms with E-state index >= 15 is 0 Å². The van der Waals surface area contributed by atoms with Crippen LogP contribution < -0.4 is 10.6 Å². The lowest BCUT2D eigenvalue weighted by Gasteiger charge is -2.22. The van der Waals surface area contributed by atoms with E-state index in [2.05, 4.69) is 10.6 Å². The van der Waals surface area contributed by atoms with Gasteiger partial charge >= 0.3 is 0 Å². The summed E-state index contributed by atoms with van der Waals surface area (Å²) in [4.78, 5) is 12.1. The normalized spacial score (nSPS) is 46.9. The standard InChI is InChI=1S/C16H26N2O/c19-13(6-3-10-2-1-7-17-9-10)18-16-14-11-4-5-12(8-11)15(14)16/h10-12,14-17H,1-9H2,(H,18,19). The first kappa shape index (κ1) is 12.2. The second kappa shape index (κ2) is 4.76. The third-order valence-corrected chi connectivity index (χ3v) is 6.24. The van der Waals surface area contributed by atoms with E-state index in [0.717, 1.165) is 55.5 Å². The summed E-state index contributed by atoms with van der Waals surface area (Å²) in [6.45, 7) is 2.28. The molecule has 19 heavy (non-hydrogen) atoms. The summed E-state index contributed by atoms with van der Waals surface area (Å²) in [5, 5.41) is 6.77. The molecule has 4 aliphatic rings. The smallest absolute Gasteiger partial charge is 0.220 e. The van der Waals surface area contributed by atoms with Crippen molar-refractivity contribution in [3.63, 3.8) is 0 Å². The highest BCUT2D eigenvalue weighted by atomic mass is 16.1. The number of fused-ring (bicyclic) bond motifs is 5. The molecule has 0 spiro atoms. The number of rotatable bonds is 4. The van der Waals surface area contributed by atoms with Gasteiger partial charge in [-0.2, -0.15) is 0 Å². The monoisotopic (exact) mass is 262 g/mol. The van der Waals surface area contributed by atoms with Crippen LogP contribution in [0.4, 0.5) is 0 Å². The molecule has 4 fully saturated rings. The molecular weight excluding hydrogens is 236 g/mol. The number of hydrogen-bond donors (Lipinski definition) is 2. The van der Waals surface area contributed by atoms with E-state index in [-0.39, 0.29) is 0 Å². The summed E-state index contributed by atoms with van der Waals surface area (Å²) in [5.74, 6) is 4.72. The van der Waals surface area contributed by atoms with Gasteiger partial charge in [-0.25, -0.2) is 0 Å². The van der Waals surface area contributed by atoms with Crippen LogP contribution in [0, 0.1) is 29.6 Å². The molecule has 5 atom stereocenters. The van der Waals surface area contributed by atoms with Gasteiger partial charge in [0.15, 0.2) is 0 Å². The van der Waals surface area contributed by atoms with E-state index in [1.165, 1.54) is 32.1 Å². The van der Waals surface area contributed by atoms with Crippen LogP contribution in [0.5, 0.6) is 0 Å². The highest BCUT2D eigenvalue weighted by molar-refractivity contribution is 5.76. The first-order valence-electron chi connectivity index (χ1n) is 8.33. The Morgan fingerprint density at radius 3 is 2.63 bits per heavy atom. The van der Waals surface area contributed by atoms with Crippen molar-refractivity contribution in [2.24, 2.45) is 29.6 Å². The molecule has 106 valence electrons. The molecule has 1 heterocycles. The first-order chi connectivity index (χ1) is 9.33. The fourth-order valence-corrected chi connectivity index (χ4v) is 5.28. The van der Waals surface area contributed by atoms with E-state index < -0.39 is 0 Å². The summed E-state index contributed by atoms with van der Waals surface area (Å²) in [5.41, 5.74) is 0. The van der Waals surface area contributed by atoms with Crippen LogP contribution >= 0.6 is 0 Å². The van der Waals surface area contributed by atoms with Crippen LogP contribution in [0.2, 0.25) is 0 Å². The Balaban J connectivity index is 1.21. The predicted molar refractivity (Wildman–Crippen MR) is 74.6 cm³/mol. The second-order valence-corrected chi connectivity index (χ2v) is 7.33. The lowest BCUT2D eigenvalue weighted by atomic mass is 9.94. The van der Waals surface area contributed by atoms with Gasteiger partial charge in [0, 0.05) is 12.5 Å². The molecule has 3 nitrogen and oxygen atoms in total. The zero-order chi connectivity index (χ0) is 12.8. The van der Waals surface area contributed by atoms with Gasteiger partial charge < -0.3 is 10.6 Å². The predicted octanol–water partition coefficient (Wildman–Crippen LogP) is 1.93. The van der Waals surface area contributed by atoms with Gasteiger partial charge in [-0.15, -0.1) is 0 Å². The topological polar surface area (TPSA) is 41.1 Å². The van der Waals surface area contributed by atoms with Crippen LogP contribution in [0.1, 0.15) is 44.9 Å². The van der Waals surface area contributed by atoms with Crippen LogP contribution in [-0.2, 0) is 4.79 Å². The lowest BCUT2D eigenvalue weighted by molar-refractivity contribution is -0.121. The highest BCUT2D eigenvalue weighted by Crippen LogP contribution is 2.65. The molecule has 3 aliphatic carbocycles. The van der Waals surface area contributed by atoms with Gasteiger partial charge in [0.2, 0.25) is 5.91 Å². The Morgan fingerprint density at radius 1 is 1.16 bits per heavy atom. The van der Waals surface area contributed by atoms with Crippen molar-refractivity contribution in [1.82, 2.24) is 10.6 Å².